The number of hydrogen-bond acceptors (Lipinski definition) is 4. The van der Waals surface area contributed by atoms with Crippen molar-refractivity contribution in [1.29, 1.82) is 0 Å². The van der Waals surface area contributed by atoms with Crippen LogP contribution in [-0.2, 0) is 6.42 Å². The van der Waals surface area contributed by atoms with Gasteiger partial charge in [-0.15, -0.1) is 11.3 Å². The van der Waals surface area contributed by atoms with E-state index in [2.05, 4.69) is 41.3 Å². The molecular weight excluding hydrogens is 236 g/mol. The molecule has 1 aliphatic rings. The Morgan fingerprint density at radius 3 is 3.12 bits per heavy atom. The second kappa shape index (κ2) is 5.52. The molecule has 1 unspecified atom stereocenters. The highest BCUT2D eigenvalue weighted by Crippen LogP contribution is 2.33. The monoisotopic (exact) mass is 256 g/mol. The van der Waals surface area contributed by atoms with Crippen molar-refractivity contribution in [2.45, 2.75) is 32.7 Å². The summed E-state index contributed by atoms with van der Waals surface area (Å²) < 4.78 is 0. The van der Waals surface area contributed by atoms with Crippen LogP contribution in [0.25, 0.3) is 0 Å². The molecule has 2 heterocycles. The Morgan fingerprint density at radius 2 is 2.44 bits per heavy atom. The van der Waals surface area contributed by atoms with E-state index in [1.807, 2.05) is 6.20 Å². The van der Waals surface area contributed by atoms with Gasteiger partial charge < -0.3 is 5.32 Å². The minimum atomic E-state index is 0.453. The second-order valence-electron chi connectivity index (χ2n) is 5.00. The fourth-order valence-electron chi connectivity index (χ4n) is 2.00. The van der Waals surface area contributed by atoms with E-state index in [0.29, 0.717) is 11.5 Å². The molecule has 2 nitrogen and oxygen atoms in total. The maximum atomic E-state index is 4.31. The van der Waals surface area contributed by atoms with E-state index >= 15 is 0 Å². The Balaban J connectivity index is 1.76. The molecule has 4 heteroatoms. The minimum Gasteiger partial charge on any atom is -0.312 e. The molecule has 16 heavy (non-hydrogen) atoms. The summed E-state index contributed by atoms with van der Waals surface area (Å²) >= 11 is 3.83. The standard InChI is InChI=1S/C12H20N2S2/c1-12(2)4-7-15-9-10(12)13-5-3-11-14-6-8-16-11/h6,8,10,13H,3-5,7,9H2,1-2H3. The van der Waals surface area contributed by atoms with E-state index in [1.165, 1.54) is 22.9 Å². The van der Waals surface area contributed by atoms with Gasteiger partial charge in [-0.2, -0.15) is 11.8 Å². The summed E-state index contributed by atoms with van der Waals surface area (Å²) in [4.78, 5) is 4.31. The van der Waals surface area contributed by atoms with Gasteiger partial charge in [-0.25, -0.2) is 4.98 Å². The Kier molecular flexibility index (Phi) is 4.27. The second-order valence-corrected chi connectivity index (χ2v) is 7.12. The van der Waals surface area contributed by atoms with Crippen molar-refractivity contribution in [1.82, 2.24) is 10.3 Å². The highest BCUT2D eigenvalue weighted by molar-refractivity contribution is 7.99. The zero-order valence-electron chi connectivity index (χ0n) is 10.0. The summed E-state index contributed by atoms with van der Waals surface area (Å²) in [5, 5.41) is 6.99. The Labute approximate surface area is 106 Å². The van der Waals surface area contributed by atoms with E-state index in [1.54, 1.807) is 11.3 Å². The van der Waals surface area contributed by atoms with Gasteiger partial charge in [0.25, 0.3) is 0 Å². The first-order valence-corrected chi connectivity index (χ1v) is 7.91. The summed E-state index contributed by atoms with van der Waals surface area (Å²) in [6, 6.07) is 0.659. The van der Waals surface area contributed by atoms with Gasteiger partial charge in [-0.05, 0) is 17.6 Å². The zero-order chi connectivity index (χ0) is 11.4. The van der Waals surface area contributed by atoms with Crippen molar-refractivity contribution < 1.29 is 0 Å². The summed E-state index contributed by atoms with van der Waals surface area (Å²) in [6.07, 6.45) is 4.28. The van der Waals surface area contributed by atoms with Gasteiger partial charge in [0.1, 0.15) is 0 Å². The van der Waals surface area contributed by atoms with Crippen molar-refractivity contribution in [3.8, 4) is 0 Å². The molecule has 0 amide bonds. The Bertz CT molecular complexity index is 309. The van der Waals surface area contributed by atoms with Crippen molar-refractivity contribution in [2.24, 2.45) is 5.41 Å². The SMILES string of the molecule is CC1(C)CCSCC1NCCc1nccs1. The van der Waals surface area contributed by atoms with Crippen molar-refractivity contribution >= 4 is 23.1 Å². The van der Waals surface area contributed by atoms with Crippen LogP contribution < -0.4 is 5.32 Å². The molecule has 0 saturated carbocycles. The number of nitrogens with zero attached hydrogens (tertiary/aromatic N) is 1. The highest BCUT2D eigenvalue weighted by atomic mass is 32.2. The summed E-state index contributed by atoms with van der Waals surface area (Å²) in [5.74, 6) is 2.57. The fraction of sp³-hybridized carbons (Fsp3) is 0.750. The molecule has 0 bridgehead atoms. The summed E-state index contributed by atoms with van der Waals surface area (Å²) in [7, 11) is 0. The van der Waals surface area contributed by atoms with E-state index in [0.717, 1.165) is 13.0 Å². The fourth-order valence-corrected chi connectivity index (χ4v) is 4.26. The number of hydrogen-bond donors (Lipinski definition) is 1. The Morgan fingerprint density at radius 1 is 1.56 bits per heavy atom. The van der Waals surface area contributed by atoms with Crippen LogP contribution in [0.1, 0.15) is 25.3 Å². The lowest BCUT2D eigenvalue weighted by Crippen LogP contribution is -2.47. The van der Waals surface area contributed by atoms with Crippen LogP contribution in [0.3, 0.4) is 0 Å². The molecule has 1 atom stereocenters. The predicted molar refractivity (Wildman–Crippen MR) is 73.3 cm³/mol. The normalized spacial score (nSPS) is 24.5. The van der Waals surface area contributed by atoms with Crippen LogP contribution >= 0.6 is 23.1 Å². The van der Waals surface area contributed by atoms with Gasteiger partial charge >= 0.3 is 0 Å². The van der Waals surface area contributed by atoms with Crippen LogP contribution in [-0.4, -0.2) is 29.1 Å². The van der Waals surface area contributed by atoms with Gasteiger partial charge in [0.05, 0.1) is 5.01 Å². The first kappa shape index (κ1) is 12.4. The average molecular weight is 256 g/mol. The van der Waals surface area contributed by atoms with E-state index < -0.39 is 0 Å². The van der Waals surface area contributed by atoms with E-state index in [4.69, 9.17) is 0 Å². The summed E-state index contributed by atoms with van der Waals surface area (Å²) in [6.45, 7) is 5.82. The smallest absolute Gasteiger partial charge is 0.0937 e. The number of thiazole rings is 1. The van der Waals surface area contributed by atoms with E-state index in [9.17, 15) is 0 Å². The highest BCUT2D eigenvalue weighted by Gasteiger charge is 2.31. The lowest BCUT2D eigenvalue weighted by molar-refractivity contribution is 0.247. The zero-order valence-corrected chi connectivity index (χ0v) is 11.7. The topological polar surface area (TPSA) is 24.9 Å². The molecule has 2 rings (SSSR count). The molecular formula is C12H20N2S2. The molecule has 1 N–H and O–H groups in total. The number of thioether (sulfide) groups is 1. The molecule has 0 aromatic carbocycles. The third-order valence-electron chi connectivity index (χ3n) is 3.33. The van der Waals surface area contributed by atoms with Gasteiger partial charge in [0, 0.05) is 36.3 Å². The molecule has 1 fully saturated rings. The van der Waals surface area contributed by atoms with Gasteiger partial charge in [-0.1, -0.05) is 13.8 Å². The average Bonchev–Trinajstić information content (AvgIpc) is 2.73. The van der Waals surface area contributed by atoms with Gasteiger partial charge in [0.2, 0.25) is 0 Å². The molecule has 1 aromatic rings. The first-order valence-electron chi connectivity index (χ1n) is 5.88. The number of aromatic nitrogens is 1. The van der Waals surface area contributed by atoms with Crippen LogP contribution in [0.15, 0.2) is 11.6 Å². The van der Waals surface area contributed by atoms with Crippen LogP contribution in [0.2, 0.25) is 0 Å². The van der Waals surface area contributed by atoms with Crippen LogP contribution in [0, 0.1) is 5.41 Å². The molecule has 1 aromatic heterocycles. The first-order chi connectivity index (χ1) is 7.68. The largest absolute Gasteiger partial charge is 0.312 e. The molecule has 0 spiro atoms. The van der Waals surface area contributed by atoms with Gasteiger partial charge in [-0.3, -0.25) is 0 Å². The third-order valence-corrected chi connectivity index (χ3v) is 5.23. The maximum absolute atomic E-state index is 4.31. The van der Waals surface area contributed by atoms with Crippen molar-refractivity contribution in [3.63, 3.8) is 0 Å². The third kappa shape index (κ3) is 3.22. The van der Waals surface area contributed by atoms with Crippen LogP contribution in [0.4, 0.5) is 0 Å². The van der Waals surface area contributed by atoms with Crippen molar-refractivity contribution in [3.05, 3.63) is 16.6 Å². The van der Waals surface area contributed by atoms with Crippen molar-refractivity contribution in [2.75, 3.05) is 18.1 Å². The molecule has 0 aliphatic carbocycles. The minimum absolute atomic E-state index is 0.453. The predicted octanol–water partition coefficient (Wildman–Crippen LogP) is 2.81. The quantitative estimate of drug-likeness (QED) is 0.896. The maximum Gasteiger partial charge on any atom is 0.0937 e. The van der Waals surface area contributed by atoms with Crippen LogP contribution in [0.5, 0.6) is 0 Å². The molecule has 0 radical (unpaired) electrons. The number of nitrogens with one attached hydrogen (secondary N) is 1. The number of rotatable bonds is 4. The molecule has 90 valence electrons. The Hall–Kier alpha value is -0.0600. The lowest BCUT2D eigenvalue weighted by atomic mass is 9.82. The summed E-state index contributed by atoms with van der Waals surface area (Å²) in [5.41, 5.74) is 0.453. The lowest BCUT2D eigenvalue weighted by Gasteiger charge is -2.38. The molecule has 1 aliphatic heterocycles. The molecule has 1 saturated heterocycles. The van der Waals surface area contributed by atoms with E-state index in [-0.39, 0.29) is 0 Å². The van der Waals surface area contributed by atoms with Gasteiger partial charge in [0.15, 0.2) is 0 Å².